The molecule has 2 rings (SSSR count). The third kappa shape index (κ3) is 1.74. The molecule has 1 radical (unpaired) electrons. The second kappa shape index (κ2) is 3.58. The number of nitro benzene ring substituents is 1. The molecule has 15 heavy (non-hydrogen) atoms. The Labute approximate surface area is 89.3 Å². The highest BCUT2D eigenvalue weighted by molar-refractivity contribution is 7.80. The number of rotatable bonds is 2. The summed E-state index contributed by atoms with van der Waals surface area (Å²) in [5.41, 5.74) is 0.605. The van der Waals surface area contributed by atoms with Crippen LogP contribution in [0.5, 0.6) is 0 Å². The Hall–Kier alpha value is -2.09. The van der Waals surface area contributed by atoms with Crippen molar-refractivity contribution in [2.24, 2.45) is 0 Å². The van der Waals surface area contributed by atoms with E-state index in [2.05, 4.69) is 15.5 Å². The average Bonchev–Trinajstić information content (AvgIpc) is 2.65. The lowest BCUT2D eigenvalue weighted by Gasteiger charge is -1.98. The molecule has 0 aliphatic rings. The van der Waals surface area contributed by atoms with E-state index in [1.54, 1.807) is 0 Å². The predicted molar refractivity (Wildman–Crippen MR) is 51.7 cm³/mol. The third-order valence-corrected chi connectivity index (χ3v) is 2.00. The second-order valence-electron chi connectivity index (χ2n) is 2.65. The van der Waals surface area contributed by atoms with Crippen LogP contribution in [0.2, 0.25) is 0 Å². The zero-order valence-electron chi connectivity index (χ0n) is 7.27. The minimum Gasteiger partial charge on any atom is -0.258 e. The van der Waals surface area contributed by atoms with Crippen LogP contribution >= 0.6 is 12.6 Å². The SMILES string of the molecule is O=[N+]([O-])c1ccc(-n2nnnc2[S])cc1. The van der Waals surface area contributed by atoms with Crippen LogP contribution in [0.4, 0.5) is 5.69 Å². The van der Waals surface area contributed by atoms with E-state index in [9.17, 15) is 10.1 Å². The Morgan fingerprint density at radius 1 is 1.33 bits per heavy atom. The summed E-state index contributed by atoms with van der Waals surface area (Å²) in [7, 11) is 0. The van der Waals surface area contributed by atoms with Gasteiger partial charge in [0.15, 0.2) is 0 Å². The van der Waals surface area contributed by atoms with Gasteiger partial charge >= 0.3 is 0 Å². The largest absolute Gasteiger partial charge is 0.269 e. The van der Waals surface area contributed by atoms with Gasteiger partial charge in [-0.15, -0.1) is 0 Å². The molecular formula is C7H4N5O2S. The van der Waals surface area contributed by atoms with Gasteiger partial charge in [0.25, 0.3) is 5.69 Å². The lowest BCUT2D eigenvalue weighted by molar-refractivity contribution is -0.384. The fourth-order valence-electron chi connectivity index (χ4n) is 1.06. The topological polar surface area (TPSA) is 86.7 Å². The van der Waals surface area contributed by atoms with Crippen molar-refractivity contribution in [2.45, 2.75) is 5.16 Å². The van der Waals surface area contributed by atoms with E-state index < -0.39 is 4.92 Å². The third-order valence-electron chi connectivity index (χ3n) is 1.75. The Morgan fingerprint density at radius 2 is 2.00 bits per heavy atom. The van der Waals surface area contributed by atoms with Gasteiger partial charge in [0.2, 0.25) is 5.16 Å². The number of hydrogen-bond acceptors (Lipinski definition) is 5. The molecular weight excluding hydrogens is 218 g/mol. The van der Waals surface area contributed by atoms with Crippen molar-refractivity contribution in [3.63, 3.8) is 0 Å². The Morgan fingerprint density at radius 3 is 2.47 bits per heavy atom. The number of aromatic nitrogens is 4. The van der Waals surface area contributed by atoms with E-state index in [1.165, 1.54) is 28.9 Å². The Kier molecular flexibility index (Phi) is 2.26. The number of non-ortho nitro benzene ring substituents is 1. The van der Waals surface area contributed by atoms with Gasteiger partial charge in [0.1, 0.15) is 0 Å². The second-order valence-corrected chi connectivity index (χ2v) is 3.01. The molecule has 1 aromatic heterocycles. The van der Waals surface area contributed by atoms with Crippen molar-refractivity contribution in [3.8, 4) is 5.69 Å². The van der Waals surface area contributed by atoms with E-state index >= 15 is 0 Å². The average molecular weight is 222 g/mol. The Bertz CT molecular complexity index is 494. The van der Waals surface area contributed by atoms with Gasteiger partial charge in [-0.2, -0.15) is 4.68 Å². The molecule has 7 nitrogen and oxygen atoms in total. The summed E-state index contributed by atoms with van der Waals surface area (Å²) in [5.74, 6) is 0. The first-order valence-electron chi connectivity index (χ1n) is 3.89. The Balaban J connectivity index is 2.40. The fraction of sp³-hybridized carbons (Fsp3) is 0. The normalized spacial score (nSPS) is 10.1. The zero-order valence-corrected chi connectivity index (χ0v) is 8.09. The van der Waals surface area contributed by atoms with Crippen LogP contribution in [0.3, 0.4) is 0 Å². The molecule has 75 valence electrons. The molecule has 0 saturated carbocycles. The van der Waals surface area contributed by atoms with Gasteiger partial charge in [-0.25, -0.2) is 0 Å². The number of nitrogens with zero attached hydrogens (tertiary/aromatic N) is 5. The van der Waals surface area contributed by atoms with Crippen molar-refractivity contribution in [1.29, 1.82) is 0 Å². The molecule has 0 fully saturated rings. The van der Waals surface area contributed by atoms with Crippen molar-refractivity contribution < 1.29 is 4.92 Å². The van der Waals surface area contributed by atoms with Crippen molar-refractivity contribution >= 4 is 18.3 Å². The van der Waals surface area contributed by atoms with Gasteiger partial charge in [-0.05, 0) is 35.2 Å². The van der Waals surface area contributed by atoms with Gasteiger partial charge in [0, 0.05) is 12.1 Å². The van der Waals surface area contributed by atoms with Crippen molar-refractivity contribution in [1.82, 2.24) is 20.2 Å². The lowest BCUT2D eigenvalue weighted by Crippen LogP contribution is -1.97. The summed E-state index contributed by atoms with van der Waals surface area (Å²) in [4.78, 5) is 9.93. The van der Waals surface area contributed by atoms with E-state index in [0.29, 0.717) is 5.69 Å². The molecule has 2 aromatic rings. The fourth-order valence-corrected chi connectivity index (χ4v) is 1.23. The van der Waals surface area contributed by atoms with E-state index in [4.69, 9.17) is 12.6 Å². The maximum absolute atomic E-state index is 10.4. The van der Waals surface area contributed by atoms with Gasteiger partial charge < -0.3 is 0 Å². The first kappa shape index (κ1) is 9.46. The predicted octanol–water partition coefficient (Wildman–Crippen LogP) is 1.13. The van der Waals surface area contributed by atoms with Crippen LogP contribution in [0.25, 0.3) is 5.69 Å². The van der Waals surface area contributed by atoms with Crippen molar-refractivity contribution in [3.05, 3.63) is 34.4 Å². The van der Waals surface area contributed by atoms with Crippen LogP contribution in [0, 0.1) is 10.1 Å². The molecule has 0 aliphatic carbocycles. The number of tetrazole rings is 1. The van der Waals surface area contributed by atoms with Crippen LogP contribution < -0.4 is 0 Å². The van der Waals surface area contributed by atoms with Gasteiger partial charge in [0.05, 0.1) is 10.6 Å². The minimum atomic E-state index is -0.474. The molecule has 0 bridgehead atoms. The summed E-state index contributed by atoms with van der Waals surface area (Å²) in [6.07, 6.45) is 0. The highest BCUT2D eigenvalue weighted by Crippen LogP contribution is 2.15. The highest BCUT2D eigenvalue weighted by atomic mass is 32.1. The first-order valence-corrected chi connectivity index (χ1v) is 4.29. The summed E-state index contributed by atoms with van der Waals surface area (Å²) >= 11 is 4.84. The summed E-state index contributed by atoms with van der Waals surface area (Å²) in [6, 6.07) is 5.80. The van der Waals surface area contributed by atoms with E-state index in [0.717, 1.165) is 0 Å². The lowest BCUT2D eigenvalue weighted by atomic mass is 10.3. The molecule has 0 saturated heterocycles. The molecule has 8 heteroatoms. The van der Waals surface area contributed by atoms with Gasteiger partial charge in [-0.1, -0.05) is 5.10 Å². The summed E-state index contributed by atoms with van der Waals surface area (Å²) in [6.45, 7) is 0. The molecule has 0 aliphatic heterocycles. The number of benzene rings is 1. The smallest absolute Gasteiger partial charge is 0.258 e. The monoisotopic (exact) mass is 222 g/mol. The standard InChI is InChI=1S/C7H4N5O2S/c13-12(14)6-3-1-5(2-4-6)11-7(15)8-9-10-11/h1-4H. The number of hydrogen-bond donors (Lipinski definition) is 0. The maximum atomic E-state index is 10.4. The van der Waals surface area contributed by atoms with Crippen molar-refractivity contribution in [2.75, 3.05) is 0 Å². The summed E-state index contributed by atoms with van der Waals surface area (Å²) < 4.78 is 1.32. The molecule has 1 aromatic carbocycles. The molecule has 0 spiro atoms. The van der Waals surface area contributed by atoms with Gasteiger partial charge in [-0.3, -0.25) is 10.1 Å². The first-order chi connectivity index (χ1) is 7.18. The highest BCUT2D eigenvalue weighted by Gasteiger charge is 2.08. The van der Waals surface area contributed by atoms with Crippen LogP contribution in [-0.2, 0) is 0 Å². The molecule has 0 N–H and O–H groups in total. The number of nitro groups is 1. The molecule has 1 heterocycles. The molecule has 0 atom stereocenters. The van der Waals surface area contributed by atoms with E-state index in [1.807, 2.05) is 0 Å². The van der Waals surface area contributed by atoms with E-state index in [-0.39, 0.29) is 10.8 Å². The van der Waals surface area contributed by atoms with Crippen LogP contribution in [0.1, 0.15) is 0 Å². The van der Waals surface area contributed by atoms with Crippen LogP contribution in [-0.4, -0.2) is 25.1 Å². The maximum Gasteiger partial charge on any atom is 0.269 e. The molecule has 0 unspecified atom stereocenters. The zero-order chi connectivity index (χ0) is 10.8. The minimum absolute atomic E-state index is 0.0118. The molecule has 0 amide bonds. The van der Waals surface area contributed by atoms with Crippen LogP contribution in [0.15, 0.2) is 29.4 Å². The summed E-state index contributed by atoms with van der Waals surface area (Å²) in [5, 5.41) is 21.2. The quantitative estimate of drug-likeness (QED) is 0.561.